The average Bonchev–Trinajstić information content (AvgIpc) is 3.27. The van der Waals surface area contributed by atoms with Gasteiger partial charge in [-0.15, -0.1) is 0 Å². The van der Waals surface area contributed by atoms with Crippen LogP contribution < -0.4 is 5.73 Å². The number of nitrogens with two attached hydrogens (primary N) is 1. The number of carbonyl (C=O) groups excluding carboxylic acids is 1. The van der Waals surface area contributed by atoms with Crippen molar-refractivity contribution in [3.05, 3.63) is 45.9 Å². The van der Waals surface area contributed by atoms with Gasteiger partial charge in [0.05, 0.1) is 18.5 Å². The summed E-state index contributed by atoms with van der Waals surface area (Å²) in [5.41, 5.74) is 7.40. The molecule has 0 spiro atoms. The molecule has 0 saturated carbocycles. The van der Waals surface area contributed by atoms with Crippen LogP contribution in [0, 0.1) is 3.70 Å². The zero-order valence-electron chi connectivity index (χ0n) is 13.4. The van der Waals surface area contributed by atoms with Gasteiger partial charge >= 0.3 is 5.97 Å². The number of hydrogen-bond acceptors (Lipinski definition) is 8. The first-order valence-electron chi connectivity index (χ1n) is 7.76. The van der Waals surface area contributed by atoms with Crippen LogP contribution >= 0.6 is 22.6 Å². The van der Waals surface area contributed by atoms with Crippen molar-refractivity contribution < 1.29 is 19.0 Å². The van der Waals surface area contributed by atoms with E-state index in [-0.39, 0.29) is 19.2 Å². The van der Waals surface area contributed by atoms with E-state index >= 15 is 0 Å². The number of anilines is 1. The normalized spacial score (nSPS) is 19.7. The van der Waals surface area contributed by atoms with Crippen LogP contribution in [-0.4, -0.2) is 45.0 Å². The highest BCUT2D eigenvalue weighted by Crippen LogP contribution is 2.26. The molecule has 1 saturated heterocycles. The topological polar surface area (TPSA) is 114 Å². The Morgan fingerprint density at radius 2 is 2.15 bits per heavy atom. The third kappa shape index (κ3) is 3.34. The van der Waals surface area contributed by atoms with Crippen LogP contribution in [0.5, 0.6) is 0 Å². The lowest BCUT2D eigenvalue weighted by molar-refractivity contribution is -0.102. The van der Waals surface area contributed by atoms with Crippen molar-refractivity contribution in [2.45, 2.75) is 12.5 Å². The van der Waals surface area contributed by atoms with Gasteiger partial charge in [-0.1, -0.05) is 18.2 Å². The molecule has 2 aromatic heterocycles. The molecule has 0 radical (unpaired) electrons. The summed E-state index contributed by atoms with van der Waals surface area (Å²) in [4.78, 5) is 24.6. The number of benzene rings is 1. The number of nitrogen functional groups attached to an aromatic ring is 1. The van der Waals surface area contributed by atoms with Gasteiger partial charge in [0.2, 0.25) is 5.95 Å². The molecule has 0 bridgehead atoms. The van der Waals surface area contributed by atoms with Crippen LogP contribution in [0.2, 0.25) is 0 Å². The number of fused-ring (bicyclic) bond motifs is 1. The molecule has 1 aromatic carbocycles. The zero-order valence-corrected chi connectivity index (χ0v) is 15.6. The molecule has 3 heterocycles. The molecular formula is C16H14IN5O4. The minimum absolute atomic E-state index is 0.00842. The van der Waals surface area contributed by atoms with Gasteiger partial charge < -0.3 is 19.9 Å². The molecule has 2 N–H and O–H groups in total. The van der Waals surface area contributed by atoms with Crippen LogP contribution in [0.3, 0.4) is 0 Å². The minimum Gasteiger partial charge on any atom is -0.457 e. The Bertz CT molecular complexity index is 948. The van der Waals surface area contributed by atoms with Gasteiger partial charge in [0.1, 0.15) is 15.8 Å². The number of carbonyl (C=O) groups is 1. The highest BCUT2D eigenvalue weighted by molar-refractivity contribution is 14.1. The Morgan fingerprint density at radius 3 is 2.96 bits per heavy atom. The van der Waals surface area contributed by atoms with Crippen LogP contribution in [0.25, 0.3) is 11.2 Å². The maximum Gasteiger partial charge on any atom is 0.338 e. The second-order valence-corrected chi connectivity index (χ2v) is 6.54. The fourth-order valence-corrected chi connectivity index (χ4v) is 3.21. The predicted octanol–water partition coefficient (Wildman–Crippen LogP) is 1.74. The SMILES string of the molecule is Nc1nc(I)c2ncn([C@H]3CO[C@@H](COC(=O)c4ccccc4)O3)c2n1. The summed E-state index contributed by atoms with van der Waals surface area (Å²) >= 11 is 2.05. The van der Waals surface area contributed by atoms with E-state index in [1.165, 1.54) is 0 Å². The Labute approximate surface area is 161 Å². The molecule has 1 aliphatic rings. The van der Waals surface area contributed by atoms with Gasteiger partial charge in [0, 0.05) is 0 Å². The van der Waals surface area contributed by atoms with E-state index < -0.39 is 18.5 Å². The van der Waals surface area contributed by atoms with Crippen molar-refractivity contribution in [3.63, 3.8) is 0 Å². The molecule has 0 unspecified atom stereocenters. The zero-order chi connectivity index (χ0) is 18.1. The molecule has 9 nitrogen and oxygen atoms in total. The van der Waals surface area contributed by atoms with E-state index in [9.17, 15) is 4.79 Å². The van der Waals surface area contributed by atoms with Gasteiger partial charge in [0.15, 0.2) is 18.2 Å². The first-order valence-corrected chi connectivity index (χ1v) is 8.84. The Balaban J connectivity index is 1.42. The summed E-state index contributed by atoms with van der Waals surface area (Å²) in [5.74, 6) is -0.264. The highest BCUT2D eigenvalue weighted by Gasteiger charge is 2.30. The standard InChI is InChI=1S/C16H14IN5O4/c17-13-12-14(21-16(18)20-13)22(8-19-12)10-6-24-11(26-10)7-25-15(23)9-4-2-1-3-5-9/h1-5,8,10-11H,6-7H2,(H2,18,20,21)/t10-,11-/m1/s1. The van der Waals surface area contributed by atoms with Crippen LogP contribution in [0.15, 0.2) is 36.7 Å². The van der Waals surface area contributed by atoms with Crippen molar-refractivity contribution in [2.75, 3.05) is 18.9 Å². The Morgan fingerprint density at radius 1 is 1.35 bits per heavy atom. The first kappa shape index (κ1) is 17.1. The van der Waals surface area contributed by atoms with Gasteiger partial charge in [-0.25, -0.2) is 14.8 Å². The molecular weight excluding hydrogens is 453 g/mol. The smallest absolute Gasteiger partial charge is 0.338 e. The third-order valence-corrected chi connectivity index (χ3v) is 4.55. The second kappa shape index (κ2) is 7.13. The summed E-state index contributed by atoms with van der Waals surface area (Å²) in [6, 6.07) is 8.75. The summed E-state index contributed by atoms with van der Waals surface area (Å²) in [6.45, 7) is 0.269. The van der Waals surface area contributed by atoms with Crippen LogP contribution in [0.4, 0.5) is 5.95 Å². The van der Waals surface area contributed by atoms with Crippen molar-refractivity contribution >= 4 is 45.7 Å². The largest absolute Gasteiger partial charge is 0.457 e. The highest BCUT2D eigenvalue weighted by atomic mass is 127. The minimum atomic E-state index is -0.664. The molecule has 1 aliphatic heterocycles. The molecule has 0 aliphatic carbocycles. The van der Waals surface area contributed by atoms with E-state index in [0.29, 0.717) is 20.4 Å². The van der Waals surface area contributed by atoms with Crippen molar-refractivity contribution in [3.8, 4) is 0 Å². The molecule has 4 rings (SSSR count). The molecule has 134 valence electrons. The van der Waals surface area contributed by atoms with Crippen molar-refractivity contribution in [1.82, 2.24) is 19.5 Å². The van der Waals surface area contributed by atoms with Crippen LogP contribution in [-0.2, 0) is 14.2 Å². The molecule has 1 fully saturated rings. The third-order valence-electron chi connectivity index (χ3n) is 3.80. The number of aromatic nitrogens is 4. The molecule has 3 aromatic rings. The molecule has 10 heteroatoms. The van der Waals surface area contributed by atoms with E-state index in [1.807, 2.05) is 6.07 Å². The Hall–Kier alpha value is -2.31. The number of rotatable bonds is 4. The Kier molecular flexibility index (Phi) is 4.70. The van der Waals surface area contributed by atoms with Gasteiger partial charge in [-0.3, -0.25) is 4.57 Å². The summed E-state index contributed by atoms with van der Waals surface area (Å²) in [5, 5.41) is 0. The van der Waals surface area contributed by atoms with Gasteiger partial charge in [-0.2, -0.15) is 4.98 Å². The number of halogens is 1. The lowest BCUT2D eigenvalue weighted by Crippen LogP contribution is -2.20. The van der Waals surface area contributed by atoms with Gasteiger partial charge in [0.25, 0.3) is 0 Å². The molecule has 2 atom stereocenters. The first-order chi connectivity index (χ1) is 12.6. The fourth-order valence-electron chi connectivity index (χ4n) is 2.59. The van der Waals surface area contributed by atoms with Crippen molar-refractivity contribution in [2.24, 2.45) is 0 Å². The average molecular weight is 467 g/mol. The lowest BCUT2D eigenvalue weighted by atomic mass is 10.2. The fraction of sp³-hybridized carbons (Fsp3) is 0.250. The molecule has 26 heavy (non-hydrogen) atoms. The number of hydrogen-bond donors (Lipinski definition) is 1. The quantitative estimate of drug-likeness (QED) is 0.351. The molecule has 0 amide bonds. The number of imidazole rings is 1. The van der Waals surface area contributed by atoms with Crippen LogP contribution in [0.1, 0.15) is 16.6 Å². The van der Waals surface area contributed by atoms with E-state index in [1.54, 1.807) is 35.2 Å². The maximum absolute atomic E-state index is 12.0. The van der Waals surface area contributed by atoms with Crippen molar-refractivity contribution in [1.29, 1.82) is 0 Å². The predicted molar refractivity (Wildman–Crippen MR) is 99.0 cm³/mol. The summed E-state index contributed by atoms with van der Waals surface area (Å²) in [7, 11) is 0. The van der Waals surface area contributed by atoms with Gasteiger partial charge in [-0.05, 0) is 34.7 Å². The summed E-state index contributed by atoms with van der Waals surface area (Å²) < 4.78 is 19.0. The van der Waals surface area contributed by atoms with E-state index in [4.69, 9.17) is 19.9 Å². The summed E-state index contributed by atoms with van der Waals surface area (Å²) in [6.07, 6.45) is 0.502. The monoisotopic (exact) mass is 467 g/mol. The second-order valence-electron chi connectivity index (χ2n) is 5.51. The van der Waals surface area contributed by atoms with E-state index in [2.05, 4.69) is 37.5 Å². The number of esters is 1. The number of ether oxygens (including phenoxy) is 3. The maximum atomic E-state index is 12.0. The van der Waals surface area contributed by atoms with E-state index in [0.717, 1.165) is 0 Å². The lowest BCUT2D eigenvalue weighted by Gasteiger charge is -2.13. The number of nitrogens with zero attached hydrogens (tertiary/aromatic N) is 4.